The molecule has 6 unspecified atom stereocenters. The Balaban J connectivity index is 0.000000136. The van der Waals surface area contributed by atoms with Crippen molar-refractivity contribution < 1.29 is 0 Å². The largest absolute Gasteiger partial charge is 0.356 e. The second-order valence-corrected chi connectivity index (χ2v) is 34.6. The predicted molar refractivity (Wildman–Crippen MR) is 494 cm³/mol. The molecule has 16 rings (SSSR count). The Hall–Kier alpha value is -9.42. The van der Waals surface area contributed by atoms with Gasteiger partial charge in [0.15, 0.2) is 0 Å². The summed E-state index contributed by atoms with van der Waals surface area (Å²) >= 11 is 0. The van der Waals surface area contributed by atoms with Crippen LogP contribution in [0.3, 0.4) is 0 Å². The first kappa shape index (κ1) is 86.4. The zero-order chi connectivity index (χ0) is 83.0. The summed E-state index contributed by atoms with van der Waals surface area (Å²) in [6.45, 7) is 47.1. The molecule has 0 aromatic heterocycles. The van der Waals surface area contributed by atoms with Gasteiger partial charge < -0.3 is 58.8 Å². The van der Waals surface area contributed by atoms with Crippen molar-refractivity contribution in [2.75, 3.05) is 64.6 Å². The Bertz CT molecular complexity index is 4570. The molecule has 0 spiro atoms. The number of hydrogen-bond donors (Lipinski definition) is 0. The molecule has 9 aliphatic rings. The molecule has 0 N–H and O–H groups in total. The van der Waals surface area contributed by atoms with Crippen LogP contribution < -0.4 is 29.4 Å². The lowest BCUT2D eigenvalue weighted by molar-refractivity contribution is 0.172. The van der Waals surface area contributed by atoms with Crippen LogP contribution in [0.4, 0.5) is 34.1 Å². The van der Waals surface area contributed by atoms with Crippen LogP contribution in [0, 0.1) is 53.4 Å². The molecular formula is C103H144N12. The Kier molecular flexibility index (Phi) is 28.6. The summed E-state index contributed by atoms with van der Waals surface area (Å²) in [5.41, 5.74) is 34.4. The monoisotopic (exact) mass is 1550 g/mol. The van der Waals surface area contributed by atoms with Gasteiger partial charge in [-0.15, -0.1) is 0 Å². The highest BCUT2D eigenvalue weighted by atomic mass is 15.4. The lowest BCUT2D eigenvalue weighted by atomic mass is 9.86. The third-order valence-electron chi connectivity index (χ3n) is 27.8. The van der Waals surface area contributed by atoms with E-state index in [4.69, 9.17) is 0 Å². The van der Waals surface area contributed by atoms with Crippen LogP contribution in [-0.2, 0) is 0 Å². The first-order valence-electron chi connectivity index (χ1n) is 43.7. The van der Waals surface area contributed by atoms with E-state index < -0.39 is 0 Å². The van der Waals surface area contributed by atoms with Gasteiger partial charge in [-0.3, -0.25) is 0 Å². The molecule has 6 heterocycles. The molecule has 0 bridgehead atoms. The number of allylic oxidation sites excluding steroid dienone is 11. The van der Waals surface area contributed by atoms with Crippen LogP contribution in [-0.4, -0.2) is 108 Å². The van der Waals surface area contributed by atoms with E-state index in [0.717, 1.165) is 17.9 Å². The first-order valence-corrected chi connectivity index (χ1v) is 43.7. The fourth-order valence-corrected chi connectivity index (χ4v) is 20.4. The third kappa shape index (κ3) is 18.0. The molecule has 6 atom stereocenters. The second-order valence-electron chi connectivity index (χ2n) is 34.6. The first-order chi connectivity index (χ1) is 55.0. The molecule has 3 aliphatic carbocycles. The van der Waals surface area contributed by atoms with E-state index in [9.17, 15) is 0 Å². The molecular weight excluding hydrogens is 1410 g/mol. The number of aryl methyl sites for hydroxylation is 6. The van der Waals surface area contributed by atoms with Crippen molar-refractivity contribution in [1.82, 2.24) is 29.4 Å². The van der Waals surface area contributed by atoms with Gasteiger partial charge in [0.25, 0.3) is 0 Å². The van der Waals surface area contributed by atoms with Crippen molar-refractivity contribution >= 4 is 39.8 Å². The van der Waals surface area contributed by atoms with E-state index in [1.54, 1.807) is 11.4 Å². The maximum absolute atomic E-state index is 2.68. The summed E-state index contributed by atoms with van der Waals surface area (Å²) in [4.78, 5) is 29.5. The Morgan fingerprint density at radius 3 is 0.765 bits per heavy atom. The van der Waals surface area contributed by atoms with Gasteiger partial charge in [-0.25, -0.2) is 0 Å². The fraction of sp³-hybridized carbons (Fsp3) is 0.476. The van der Waals surface area contributed by atoms with E-state index in [1.165, 1.54) is 220 Å². The summed E-state index contributed by atoms with van der Waals surface area (Å²) in [5, 5.41) is 0. The minimum Gasteiger partial charge on any atom is -0.356 e. The molecule has 0 saturated heterocycles. The molecule has 3 saturated carbocycles. The molecule has 3 fully saturated rings. The van der Waals surface area contributed by atoms with Crippen LogP contribution in [0.5, 0.6) is 0 Å². The maximum atomic E-state index is 2.68. The number of para-hydroxylation sites is 6. The molecule has 12 heteroatoms. The van der Waals surface area contributed by atoms with E-state index in [1.807, 2.05) is 0 Å². The van der Waals surface area contributed by atoms with Crippen molar-refractivity contribution in [3.63, 3.8) is 0 Å². The van der Waals surface area contributed by atoms with Gasteiger partial charge in [0, 0.05) is 150 Å². The fourth-order valence-electron chi connectivity index (χ4n) is 20.4. The molecule has 6 aliphatic heterocycles. The van der Waals surface area contributed by atoms with Crippen molar-refractivity contribution in [2.24, 2.45) is 11.8 Å². The lowest BCUT2D eigenvalue weighted by Crippen LogP contribution is -2.44. The molecule has 0 radical (unpaired) electrons. The number of anilines is 6. The highest BCUT2D eigenvalue weighted by molar-refractivity contribution is 5.77. The van der Waals surface area contributed by atoms with Gasteiger partial charge in [-0.1, -0.05) is 191 Å². The smallest absolute Gasteiger partial charge is 0.103 e. The average Bonchev–Trinajstić information content (AvgIpc) is 1.64. The number of benzene rings is 7. The Morgan fingerprint density at radius 2 is 0.461 bits per heavy atom. The average molecular weight is 1550 g/mol. The predicted octanol–water partition coefficient (Wildman–Crippen LogP) is 25.6. The number of rotatable bonds is 10. The molecule has 7 aromatic carbocycles. The molecule has 12 nitrogen and oxygen atoms in total. The molecule has 616 valence electrons. The van der Waals surface area contributed by atoms with Crippen LogP contribution in [0.15, 0.2) is 239 Å². The van der Waals surface area contributed by atoms with Crippen LogP contribution >= 0.6 is 0 Å². The van der Waals surface area contributed by atoms with Gasteiger partial charge in [-0.2, -0.15) is 0 Å². The number of nitrogens with zero attached hydrogens (tertiary/aromatic N) is 12. The maximum Gasteiger partial charge on any atom is 0.103 e. The highest BCUT2D eigenvalue weighted by Crippen LogP contribution is 2.47. The quantitative estimate of drug-likeness (QED) is 0.131. The van der Waals surface area contributed by atoms with Crippen molar-refractivity contribution in [3.8, 4) is 0 Å². The Morgan fingerprint density at radius 1 is 0.217 bits per heavy atom. The summed E-state index contributed by atoms with van der Waals surface area (Å²) in [5.74, 6) is 1.54. The minimum absolute atomic E-state index is 0.321. The van der Waals surface area contributed by atoms with Crippen LogP contribution in [0.25, 0.3) is 5.70 Å². The van der Waals surface area contributed by atoms with Gasteiger partial charge in [0.2, 0.25) is 0 Å². The number of hydrogen-bond acceptors (Lipinski definition) is 12. The minimum atomic E-state index is 0.321. The van der Waals surface area contributed by atoms with Gasteiger partial charge in [0.1, 0.15) is 37.0 Å². The zero-order valence-electron chi connectivity index (χ0n) is 75.7. The second kappa shape index (κ2) is 38.1. The lowest BCUT2D eigenvalue weighted by Gasteiger charge is -2.39. The van der Waals surface area contributed by atoms with Crippen molar-refractivity contribution in [1.29, 1.82) is 0 Å². The van der Waals surface area contributed by atoms with E-state index in [-0.39, 0.29) is 0 Å². The Labute approximate surface area is 697 Å². The third-order valence-corrected chi connectivity index (χ3v) is 27.8. The van der Waals surface area contributed by atoms with Crippen molar-refractivity contribution in [2.45, 2.75) is 278 Å². The standard InChI is InChI=1S/C19H28N2.C19H22N2.C19H28N2.C18H26N2.2C14H20N2/c2*1-14-10-8-9-13-18(14)21-15(2)19(20(4)16(21)3)17-11-6-5-7-12-17;1-14-10-8-9-13-19(14)21-16(3)15(2)20(17(21)4)18-11-6-5-7-12-18;1-13-9-5-8-12-17(13)20-14(2)18(19(4)15(20)3)16-10-6-7-11-16;2*1-10-8-6-7-9-14(10)16-12(3)11(2)15(5)13(16)4/h8-10,13,16-17H,5-7,11-12H2,1-4H3;5-13,16H,1-4H3;8-10,13,17-18H,5-7,11-12H2,1-4H3;5,8-9,12,15-16H,6-7,10-11H2,1-4H3;2*6-9,13H,1-5H3. The topological polar surface area (TPSA) is 38.9 Å². The zero-order valence-corrected chi connectivity index (χ0v) is 75.7. The van der Waals surface area contributed by atoms with E-state index in [2.05, 4.69) is 415 Å². The summed E-state index contributed by atoms with van der Waals surface area (Å²) < 4.78 is 0. The summed E-state index contributed by atoms with van der Waals surface area (Å²) in [7, 11) is 11.0. The molecule has 7 aromatic rings. The molecule has 115 heavy (non-hydrogen) atoms. The van der Waals surface area contributed by atoms with Gasteiger partial charge in [-0.05, 0) is 259 Å². The van der Waals surface area contributed by atoms with Crippen LogP contribution in [0.2, 0.25) is 0 Å². The van der Waals surface area contributed by atoms with Gasteiger partial charge in [0.05, 0.1) is 5.70 Å². The summed E-state index contributed by atoms with van der Waals surface area (Å²) in [6, 6.07) is 63.3. The van der Waals surface area contributed by atoms with E-state index >= 15 is 0 Å². The van der Waals surface area contributed by atoms with Gasteiger partial charge >= 0.3 is 0 Å². The van der Waals surface area contributed by atoms with E-state index in [0.29, 0.717) is 37.0 Å². The normalized spacial score (nSPS) is 22.2. The highest BCUT2D eigenvalue weighted by Gasteiger charge is 2.41. The molecule has 0 amide bonds. The van der Waals surface area contributed by atoms with Crippen LogP contribution in [0.1, 0.15) is 233 Å². The van der Waals surface area contributed by atoms with Crippen molar-refractivity contribution in [3.05, 3.63) is 278 Å². The SMILES string of the molecule is CC1=C(C)N(C2CCCCC2)C(C)N1c1ccccc1C.CC1=C(C)N(c2ccccc2C)C(C)N1C.CC1=C(C)N(c2ccccc2C)C(C)N1C.CC1=C(C2CCCC2)N(C)C(C)N1c1ccccc1C.CC1=C(C2CCCCC2)N(C)C(C)N1c1ccccc1C.CC1=C(c2ccccc2)N(C)C(C)N1c1ccccc1C. The summed E-state index contributed by atoms with van der Waals surface area (Å²) in [6.07, 6.45) is 21.8.